The molecule has 0 aliphatic carbocycles. The van der Waals surface area contributed by atoms with Gasteiger partial charge in [-0.2, -0.15) is 4.31 Å². The van der Waals surface area contributed by atoms with Crippen molar-refractivity contribution in [2.75, 3.05) is 13.1 Å². The van der Waals surface area contributed by atoms with E-state index in [2.05, 4.69) is 10.2 Å². The molecule has 2 heterocycles. The van der Waals surface area contributed by atoms with E-state index in [0.717, 1.165) is 54.6 Å². The molecule has 168 valence electrons. The highest BCUT2D eigenvalue weighted by Crippen LogP contribution is 2.37. The number of nitro benzene ring substituents is 1. The molecule has 4 rings (SSSR count). The van der Waals surface area contributed by atoms with Gasteiger partial charge in [0.25, 0.3) is 10.9 Å². The quantitative estimate of drug-likeness (QED) is 0.373. The molecule has 1 aromatic heterocycles. The normalized spacial score (nSPS) is 15.4. The van der Waals surface area contributed by atoms with Crippen LogP contribution in [0.1, 0.15) is 31.2 Å². The summed E-state index contributed by atoms with van der Waals surface area (Å²) in [5.41, 5.74) is 1.42. The second kappa shape index (κ2) is 9.39. The van der Waals surface area contributed by atoms with Crippen LogP contribution in [0.3, 0.4) is 0 Å². The van der Waals surface area contributed by atoms with Crippen LogP contribution in [0.2, 0.25) is 0 Å². The van der Waals surface area contributed by atoms with E-state index in [1.54, 1.807) is 0 Å². The molecular weight excluding hydrogens is 452 g/mol. The van der Waals surface area contributed by atoms with Crippen LogP contribution in [0.25, 0.3) is 11.5 Å². The van der Waals surface area contributed by atoms with E-state index in [1.165, 1.54) is 16.4 Å². The molecule has 0 radical (unpaired) electrons. The summed E-state index contributed by atoms with van der Waals surface area (Å²) >= 11 is 0.932. The van der Waals surface area contributed by atoms with E-state index < -0.39 is 14.9 Å². The Morgan fingerprint density at radius 3 is 2.47 bits per heavy atom. The number of sulfonamides is 1. The Morgan fingerprint density at radius 2 is 1.78 bits per heavy atom. The minimum atomic E-state index is -3.80. The van der Waals surface area contributed by atoms with Crippen molar-refractivity contribution >= 4 is 27.5 Å². The van der Waals surface area contributed by atoms with Crippen LogP contribution >= 0.6 is 11.8 Å². The zero-order valence-electron chi connectivity index (χ0n) is 17.4. The SMILES string of the molecule is Cc1ccccc1-c1nnc(Sc2ccc(S(=O)(=O)N3CCCCCC3)cc2[N+](=O)[O-])o1. The summed E-state index contributed by atoms with van der Waals surface area (Å²) in [6, 6.07) is 11.5. The molecule has 0 N–H and O–H groups in total. The first-order valence-electron chi connectivity index (χ1n) is 10.2. The predicted molar refractivity (Wildman–Crippen MR) is 119 cm³/mol. The highest BCUT2D eigenvalue weighted by atomic mass is 32.2. The molecule has 1 fully saturated rings. The zero-order chi connectivity index (χ0) is 22.7. The third-order valence-corrected chi connectivity index (χ3v) is 8.11. The molecule has 32 heavy (non-hydrogen) atoms. The minimum Gasteiger partial charge on any atom is -0.411 e. The highest BCUT2D eigenvalue weighted by molar-refractivity contribution is 7.99. The van der Waals surface area contributed by atoms with Crippen LogP contribution in [0.4, 0.5) is 5.69 Å². The maximum absolute atomic E-state index is 13.0. The van der Waals surface area contributed by atoms with Crippen LogP contribution in [-0.2, 0) is 10.0 Å². The van der Waals surface area contributed by atoms with E-state index in [0.29, 0.717) is 19.0 Å². The van der Waals surface area contributed by atoms with Gasteiger partial charge in [0.2, 0.25) is 15.9 Å². The zero-order valence-corrected chi connectivity index (χ0v) is 19.1. The van der Waals surface area contributed by atoms with E-state index in [1.807, 2.05) is 31.2 Å². The Bertz CT molecular complexity index is 1230. The van der Waals surface area contributed by atoms with Gasteiger partial charge in [0.1, 0.15) is 0 Å². The first kappa shape index (κ1) is 22.4. The number of aromatic nitrogens is 2. The molecule has 0 saturated carbocycles. The number of rotatable bonds is 6. The summed E-state index contributed by atoms with van der Waals surface area (Å²) in [4.78, 5) is 11.3. The van der Waals surface area contributed by atoms with Crippen LogP contribution < -0.4 is 0 Å². The molecule has 3 aromatic rings. The van der Waals surface area contributed by atoms with Gasteiger partial charge in [-0.05, 0) is 55.3 Å². The third kappa shape index (κ3) is 4.69. The van der Waals surface area contributed by atoms with Crippen molar-refractivity contribution in [2.45, 2.75) is 47.6 Å². The summed E-state index contributed by atoms with van der Waals surface area (Å²) in [5.74, 6) is 0.314. The molecule has 1 aliphatic heterocycles. The summed E-state index contributed by atoms with van der Waals surface area (Å²) < 4.78 is 33.2. The van der Waals surface area contributed by atoms with Gasteiger partial charge in [0.05, 0.1) is 14.7 Å². The van der Waals surface area contributed by atoms with Crippen molar-refractivity contribution in [2.24, 2.45) is 0 Å². The van der Waals surface area contributed by atoms with Crippen molar-refractivity contribution < 1.29 is 17.8 Å². The second-order valence-electron chi connectivity index (χ2n) is 7.50. The first-order chi connectivity index (χ1) is 15.4. The number of hydrogen-bond acceptors (Lipinski definition) is 8. The Hall–Kier alpha value is -2.76. The smallest absolute Gasteiger partial charge is 0.284 e. The topological polar surface area (TPSA) is 119 Å². The van der Waals surface area contributed by atoms with E-state index in [4.69, 9.17) is 4.42 Å². The minimum absolute atomic E-state index is 0.0819. The molecule has 1 saturated heterocycles. The molecule has 2 aromatic carbocycles. The fourth-order valence-electron chi connectivity index (χ4n) is 3.58. The lowest BCUT2D eigenvalue weighted by atomic mass is 10.1. The Balaban J connectivity index is 1.62. The summed E-state index contributed by atoms with van der Waals surface area (Å²) in [5, 5.41) is 19.9. The fraction of sp³-hybridized carbons (Fsp3) is 0.333. The van der Waals surface area contributed by atoms with E-state index in [9.17, 15) is 18.5 Å². The summed E-state index contributed by atoms with van der Waals surface area (Å²) in [7, 11) is -3.80. The van der Waals surface area contributed by atoms with Gasteiger partial charge in [0.15, 0.2) is 0 Å². The Morgan fingerprint density at radius 1 is 1.06 bits per heavy atom. The predicted octanol–water partition coefficient (Wildman–Crippen LogP) is 4.67. The third-order valence-electron chi connectivity index (χ3n) is 5.31. The number of nitrogens with zero attached hydrogens (tertiary/aromatic N) is 4. The summed E-state index contributed by atoms with van der Waals surface area (Å²) in [6.45, 7) is 2.77. The highest BCUT2D eigenvalue weighted by Gasteiger charge is 2.28. The Labute approximate surface area is 190 Å². The monoisotopic (exact) mass is 474 g/mol. The molecule has 1 aliphatic rings. The number of aryl methyl sites for hydroxylation is 1. The number of hydrogen-bond donors (Lipinski definition) is 0. The molecule has 0 spiro atoms. The largest absolute Gasteiger partial charge is 0.411 e. The van der Waals surface area contributed by atoms with Gasteiger partial charge in [-0.25, -0.2) is 8.42 Å². The van der Waals surface area contributed by atoms with Crippen LogP contribution in [0, 0.1) is 17.0 Å². The summed E-state index contributed by atoms with van der Waals surface area (Å²) in [6.07, 6.45) is 3.54. The average Bonchev–Trinajstić information content (AvgIpc) is 3.05. The standard InChI is InChI=1S/C21H22N4O5S2/c1-15-8-4-5-9-17(15)20-22-23-21(30-20)31-19-11-10-16(14-18(19)25(26)27)32(28,29)24-12-6-2-3-7-13-24/h4-5,8-11,14H,2-3,6-7,12-13H2,1H3. The number of benzene rings is 2. The molecule has 0 unspecified atom stereocenters. The maximum Gasteiger partial charge on any atom is 0.284 e. The lowest BCUT2D eigenvalue weighted by Crippen LogP contribution is -2.31. The van der Waals surface area contributed by atoms with Crippen LogP contribution in [0.5, 0.6) is 0 Å². The van der Waals surface area contributed by atoms with Gasteiger partial charge in [0, 0.05) is 24.7 Å². The molecule has 9 nitrogen and oxygen atoms in total. The fourth-order valence-corrected chi connectivity index (χ4v) is 5.89. The van der Waals surface area contributed by atoms with E-state index in [-0.39, 0.29) is 20.7 Å². The van der Waals surface area contributed by atoms with E-state index >= 15 is 0 Å². The first-order valence-corrected chi connectivity index (χ1v) is 12.5. The molecule has 0 bridgehead atoms. The lowest BCUT2D eigenvalue weighted by molar-refractivity contribution is -0.388. The van der Waals surface area contributed by atoms with Crippen molar-refractivity contribution in [1.29, 1.82) is 0 Å². The second-order valence-corrected chi connectivity index (χ2v) is 10.4. The van der Waals surface area contributed by atoms with Crippen LogP contribution in [0.15, 0.2) is 61.9 Å². The molecule has 0 atom stereocenters. The lowest BCUT2D eigenvalue weighted by Gasteiger charge is -2.19. The van der Waals surface area contributed by atoms with Crippen molar-refractivity contribution in [3.05, 3.63) is 58.1 Å². The van der Waals surface area contributed by atoms with Gasteiger partial charge in [-0.3, -0.25) is 10.1 Å². The Kier molecular flexibility index (Phi) is 6.58. The molecule has 0 amide bonds. The molecular formula is C21H22N4O5S2. The van der Waals surface area contributed by atoms with Crippen molar-refractivity contribution in [3.8, 4) is 11.5 Å². The van der Waals surface area contributed by atoms with Gasteiger partial charge in [-0.15, -0.1) is 10.2 Å². The van der Waals surface area contributed by atoms with Gasteiger partial charge in [-0.1, -0.05) is 31.0 Å². The van der Waals surface area contributed by atoms with Gasteiger partial charge >= 0.3 is 0 Å². The van der Waals surface area contributed by atoms with Crippen molar-refractivity contribution in [3.63, 3.8) is 0 Å². The van der Waals surface area contributed by atoms with Crippen LogP contribution in [-0.4, -0.2) is 40.9 Å². The number of nitro groups is 1. The maximum atomic E-state index is 13.0. The molecule has 11 heteroatoms. The average molecular weight is 475 g/mol. The van der Waals surface area contributed by atoms with Gasteiger partial charge < -0.3 is 4.42 Å². The van der Waals surface area contributed by atoms with Crippen molar-refractivity contribution in [1.82, 2.24) is 14.5 Å².